The summed E-state index contributed by atoms with van der Waals surface area (Å²) in [4.78, 5) is 10.9. The van der Waals surface area contributed by atoms with Crippen LogP contribution in [0.4, 0.5) is 0 Å². The van der Waals surface area contributed by atoms with Crippen LogP contribution in [0.15, 0.2) is 60.7 Å². The number of rotatable bonds is 5. The number of benzene rings is 2. The predicted molar refractivity (Wildman–Crippen MR) is 77.0 cm³/mol. The fourth-order valence-corrected chi connectivity index (χ4v) is 1.72. The Bertz CT molecular complexity index is 499. The van der Waals surface area contributed by atoms with Gasteiger partial charge < -0.3 is 9.84 Å². The number of carboxylic acid groups (broad SMARTS) is 1. The summed E-state index contributed by atoms with van der Waals surface area (Å²) in [6.45, 7) is 0. The van der Waals surface area contributed by atoms with Crippen molar-refractivity contribution in [1.82, 2.24) is 0 Å². The molecule has 1 atom stereocenters. The van der Waals surface area contributed by atoms with Crippen molar-refractivity contribution in [2.24, 2.45) is 0 Å². The molecule has 0 radical (unpaired) electrons. The molecule has 0 spiro atoms. The molecule has 96 valence electrons. The van der Waals surface area contributed by atoms with Crippen LogP contribution in [0.2, 0.25) is 0 Å². The normalized spacial score (nSPS) is 11.2. The SMILES string of the molecule is O=C(O)CC(Oc1ccccc1)c1ccccc1.[CaH2]. The fraction of sp³-hybridized carbons (Fsp3) is 0.133. The van der Waals surface area contributed by atoms with E-state index in [9.17, 15) is 4.79 Å². The Kier molecular flexibility index (Phi) is 6.92. The second-order valence-corrected chi connectivity index (χ2v) is 3.93. The molecule has 2 aromatic carbocycles. The summed E-state index contributed by atoms with van der Waals surface area (Å²) in [5.41, 5.74) is 0.865. The van der Waals surface area contributed by atoms with Crippen LogP contribution in [0.5, 0.6) is 5.75 Å². The average Bonchev–Trinajstić information content (AvgIpc) is 2.40. The topological polar surface area (TPSA) is 46.5 Å². The fourth-order valence-electron chi connectivity index (χ4n) is 1.72. The molecule has 2 rings (SSSR count). The van der Waals surface area contributed by atoms with E-state index in [2.05, 4.69) is 0 Å². The molecule has 1 N–H and O–H groups in total. The van der Waals surface area contributed by atoms with Crippen molar-refractivity contribution in [3.63, 3.8) is 0 Å². The molecule has 0 aromatic heterocycles. The van der Waals surface area contributed by atoms with Crippen molar-refractivity contribution >= 4 is 43.7 Å². The number of hydrogen-bond acceptors (Lipinski definition) is 2. The van der Waals surface area contributed by atoms with Gasteiger partial charge >= 0.3 is 43.7 Å². The standard InChI is InChI=1S/C15H14O3.Ca.2H/c16-15(17)11-14(12-7-3-1-4-8-12)18-13-9-5-2-6-10-13;;;/h1-10,14H,11H2,(H,16,17);;;. The van der Waals surface area contributed by atoms with E-state index in [1.165, 1.54) is 0 Å². The first kappa shape index (κ1) is 16.0. The van der Waals surface area contributed by atoms with Gasteiger partial charge in [0.25, 0.3) is 0 Å². The molecule has 0 fully saturated rings. The Morgan fingerprint density at radius 1 is 1.00 bits per heavy atom. The maximum atomic E-state index is 10.9. The molecule has 3 nitrogen and oxygen atoms in total. The van der Waals surface area contributed by atoms with E-state index in [4.69, 9.17) is 9.84 Å². The van der Waals surface area contributed by atoms with E-state index >= 15 is 0 Å². The second kappa shape index (κ2) is 8.20. The van der Waals surface area contributed by atoms with Gasteiger partial charge in [-0.05, 0) is 17.7 Å². The Balaban J connectivity index is 0.00000180. The Morgan fingerprint density at radius 2 is 1.53 bits per heavy atom. The molecule has 0 amide bonds. The molecule has 4 heteroatoms. The molecule has 1 unspecified atom stereocenters. The molecule has 19 heavy (non-hydrogen) atoms. The van der Waals surface area contributed by atoms with Gasteiger partial charge in [0.05, 0.1) is 6.42 Å². The van der Waals surface area contributed by atoms with E-state index in [-0.39, 0.29) is 44.2 Å². The molecule has 0 heterocycles. The van der Waals surface area contributed by atoms with Crippen molar-refractivity contribution in [1.29, 1.82) is 0 Å². The van der Waals surface area contributed by atoms with Crippen molar-refractivity contribution in [3.8, 4) is 5.75 Å². The van der Waals surface area contributed by atoms with Gasteiger partial charge in [-0.3, -0.25) is 4.79 Å². The number of carbonyl (C=O) groups is 1. The van der Waals surface area contributed by atoms with Gasteiger partial charge in [-0.1, -0.05) is 48.5 Å². The molecular formula is C15H16CaO3. The van der Waals surface area contributed by atoms with Gasteiger partial charge in [0.2, 0.25) is 0 Å². The summed E-state index contributed by atoms with van der Waals surface area (Å²) >= 11 is 0. The van der Waals surface area contributed by atoms with Gasteiger partial charge in [-0.25, -0.2) is 0 Å². The molecule has 0 aliphatic carbocycles. The third-order valence-corrected chi connectivity index (χ3v) is 2.55. The molecule has 0 aliphatic heterocycles. The van der Waals surface area contributed by atoms with Crippen LogP contribution in [-0.2, 0) is 4.79 Å². The zero-order valence-electron chi connectivity index (χ0n) is 9.82. The van der Waals surface area contributed by atoms with Gasteiger partial charge in [0.15, 0.2) is 0 Å². The number of para-hydroxylation sites is 1. The van der Waals surface area contributed by atoms with E-state index in [1.54, 1.807) is 0 Å². The van der Waals surface area contributed by atoms with Crippen molar-refractivity contribution in [2.45, 2.75) is 12.5 Å². The number of carboxylic acids is 1. The van der Waals surface area contributed by atoms with Gasteiger partial charge in [-0.2, -0.15) is 0 Å². The van der Waals surface area contributed by atoms with E-state index < -0.39 is 12.1 Å². The van der Waals surface area contributed by atoms with Crippen LogP contribution < -0.4 is 4.74 Å². The Labute approximate surface area is 142 Å². The molecule has 0 bridgehead atoms. The summed E-state index contributed by atoms with van der Waals surface area (Å²) in [5, 5.41) is 8.94. The quantitative estimate of drug-likeness (QED) is 0.857. The van der Waals surface area contributed by atoms with Crippen LogP contribution in [0.3, 0.4) is 0 Å². The van der Waals surface area contributed by atoms with E-state index in [0.29, 0.717) is 5.75 Å². The monoisotopic (exact) mass is 284 g/mol. The van der Waals surface area contributed by atoms with Crippen LogP contribution in [-0.4, -0.2) is 48.8 Å². The molecule has 0 aliphatic rings. The minimum atomic E-state index is -0.875. The first-order valence-corrected chi connectivity index (χ1v) is 5.74. The molecule has 0 saturated carbocycles. The third kappa shape index (κ3) is 5.23. The molecule has 2 aromatic rings. The van der Waals surface area contributed by atoms with Gasteiger partial charge in [-0.15, -0.1) is 0 Å². The zero-order valence-corrected chi connectivity index (χ0v) is 9.82. The van der Waals surface area contributed by atoms with E-state index in [1.807, 2.05) is 60.7 Å². The molecular weight excluding hydrogens is 268 g/mol. The Hall–Kier alpha value is -1.03. The summed E-state index contributed by atoms with van der Waals surface area (Å²) in [6, 6.07) is 18.6. The third-order valence-electron chi connectivity index (χ3n) is 2.55. The van der Waals surface area contributed by atoms with Crippen molar-refractivity contribution in [2.75, 3.05) is 0 Å². The minimum absolute atomic E-state index is 0. The number of aliphatic carboxylic acids is 1. The summed E-state index contributed by atoms with van der Waals surface area (Å²) in [6.07, 6.45) is -0.523. The van der Waals surface area contributed by atoms with Crippen LogP contribution in [0, 0.1) is 0 Å². The summed E-state index contributed by atoms with van der Waals surface area (Å²) < 4.78 is 5.73. The maximum absolute atomic E-state index is 10.9. The van der Waals surface area contributed by atoms with Gasteiger partial charge in [0, 0.05) is 0 Å². The van der Waals surface area contributed by atoms with Crippen LogP contribution >= 0.6 is 0 Å². The molecule has 0 saturated heterocycles. The van der Waals surface area contributed by atoms with Gasteiger partial charge in [0.1, 0.15) is 11.9 Å². The summed E-state index contributed by atoms with van der Waals surface area (Å²) in [7, 11) is 0. The second-order valence-electron chi connectivity index (χ2n) is 3.93. The first-order chi connectivity index (χ1) is 8.75. The van der Waals surface area contributed by atoms with Crippen LogP contribution in [0.1, 0.15) is 18.1 Å². The predicted octanol–water partition coefficient (Wildman–Crippen LogP) is 2.37. The van der Waals surface area contributed by atoms with Crippen molar-refractivity contribution in [3.05, 3.63) is 66.2 Å². The summed E-state index contributed by atoms with van der Waals surface area (Å²) in [5.74, 6) is -0.201. The average molecular weight is 284 g/mol. The number of hydrogen-bond donors (Lipinski definition) is 1. The van der Waals surface area contributed by atoms with Crippen LogP contribution in [0.25, 0.3) is 0 Å². The number of ether oxygens (including phenoxy) is 1. The first-order valence-electron chi connectivity index (χ1n) is 5.74. The zero-order chi connectivity index (χ0) is 12.8. The van der Waals surface area contributed by atoms with E-state index in [0.717, 1.165) is 5.56 Å². The van der Waals surface area contributed by atoms with Crippen molar-refractivity contribution < 1.29 is 14.6 Å². The Morgan fingerprint density at radius 3 is 2.05 bits per heavy atom.